The maximum absolute atomic E-state index is 13.4. The summed E-state index contributed by atoms with van der Waals surface area (Å²) in [6, 6.07) is 4.96. The van der Waals surface area contributed by atoms with Gasteiger partial charge in [-0.1, -0.05) is 19.9 Å². The second-order valence-electron chi connectivity index (χ2n) is 3.97. The summed E-state index contributed by atoms with van der Waals surface area (Å²) < 4.78 is 13.4. The maximum Gasteiger partial charge on any atom is 0.151 e. The molecule has 86 valence electrons. The number of rotatable bonds is 4. The number of hydrogen-bond donors (Lipinski definition) is 2. The van der Waals surface area contributed by atoms with Gasteiger partial charge >= 0.3 is 0 Å². The lowest BCUT2D eigenvalue weighted by atomic mass is 10.2. The first-order valence-electron chi connectivity index (χ1n) is 5.57. The Kier molecular flexibility index (Phi) is 3.19. The molecule has 1 aromatic heterocycles. The number of nitrogens with zero attached hydrogens (tertiary/aromatic N) is 1. The summed E-state index contributed by atoms with van der Waals surface area (Å²) in [5, 5.41) is 3.25. The van der Waals surface area contributed by atoms with Crippen molar-refractivity contribution in [1.29, 1.82) is 0 Å². The molecule has 0 aliphatic rings. The highest BCUT2D eigenvalue weighted by molar-refractivity contribution is 5.75. The first-order chi connectivity index (χ1) is 7.72. The van der Waals surface area contributed by atoms with Crippen molar-refractivity contribution < 1.29 is 4.39 Å². The number of nitrogens with one attached hydrogen (secondary N) is 2. The van der Waals surface area contributed by atoms with Crippen LogP contribution in [0.15, 0.2) is 18.2 Å². The van der Waals surface area contributed by atoms with E-state index < -0.39 is 0 Å². The average Bonchev–Trinajstić information content (AvgIpc) is 2.71. The lowest BCUT2D eigenvalue weighted by Crippen LogP contribution is -2.20. The Labute approximate surface area is 94.1 Å². The minimum absolute atomic E-state index is 0.256. The molecule has 2 aromatic rings. The molecule has 0 saturated heterocycles. The van der Waals surface area contributed by atoms with Crippen molar-refractivity contribution in [3.63, 3.8) is 0 Å². The van der Waals surface area contributed by atoms with Gasteiger partial charge in [0.25, 0.3) is 0 Å². The van der Waals surface area contributed by atoms with Crippen LogP contribution in [-0.4, -0.2) is 23.1 Å². The molecule has 1 heterocycles. The molecule has 0 amide bonds. The first-order valence-corrected chi connectivity index (χ1v) is 5.57. The molecule has 0 aliphatic carbocycles. The Bertz CT molecular complexity index is 478. The van der Waals surface area contributed by atoms with Crippen molar-refractivity contribution >= 4 is 11.0 Å². The summed E-state index contributed by atoms with van der Waals surface area (Å²) in [6.07, 6.45) is 0. The van der Waals surface area contributed by atoms with E-state index in [1.807, 2.05) is 6.07 Å². The van der Waals surface area contributed by atoms with Crippen LogP contribution in [0.3, 0.4) is 0 Å². The molecule has 16 heavy (non-hydrogen) atoms. The summed E-state index contributed by atoms with van der Waals surface area (Å²) in [5.41, 5.74) is 1.19. The van der Waals surface area contributed by atoms with Gasteiger partial charge in [-0.15, -0.1) is 0 Å². The Morgan fingerprint density at radius 1 is 1.50 bits per heavy atom. The van der Waals surface area contributed by atoms with Crippen LogP contribution in [0.5, 0.6) is 0 Å². The van der Waals surface area contributed by atoms with Gasteiger partial charge < -0.3 is 10.3 Å². The van der Waals surface area contributed by atoms with Gasteiger partial charge in [0.1, 0.15) is 11.3 Å². The van der Waals surface area contributed by atoms with E-state index in [9.17, 15) is 4.39 Å². The molecular formula is C12H16FN3. The topological polar surface area (TPSA) is 40.7 Å². The van der Waals surface area contributed by atoms with Crippen LogP contribution in [0.2, 0.25) is 0 Å². The molecule has 1 atom stereocenters. The van der Waals surface area contributed by atoms with E-state index in [0.29, 0.717) is 5.52 Å². The van der Waals surface area contributed by atoms with Crippen molar-refractivity contribution in [2.24, 2.45) is 0 Å². The van der Waals surface area contributed by atoms with Crippen molar-refractivity contribution in [2.75, 3.05) is 13.1 Å². The van der Waals surface area contributed by atoms with E-state index in [-0.39, 0.29) is 11.7 Å². The largest absolute Gasteiger partial charge is 0.342 e. The molecule has 1 aromatic carbocycles. The van der Waals surface area contributed by atoms with Crippen LogP contribution >= 0.6 is 0 Å². The molecule has 2 N–H and O–H groups in total. The van der Waals surface area contributed by atoms with Crippen molar-refractivity contribution in [2.45, 2.75) is 19.8 Å². The van der Waals surface area contributed by atoms with E-state index in [4.69, 9.17) is 0 Å². The second kappa shape index (κ2) is 4.61. The van der Waals surface area contributed by atoms with Crippen LogP contribution in [0.4, 0.5) is 4.39 Å². The summed E-state index contributed by atoms with van der Waals surface area (Å²) in [5.74, 6) is 0.823. The van der Waals surface area contributed by atoms with E-state index in [2.05, 4.69) is 29.1 Å². The third-order valence-electron chi connectivity index (χ3n) is 2.65. The summed E-state index contributed by atoms with van der Waals surface area (Å²) in [4.78, 5) is 7.45. The molecular weight excluding hydrogens is 205 g/mol. The predicted octanol–water partition coefficient (Wildman–Crippen LogP) is 2.42. The van der Waals surface area contributed by atoms with Gasteiger partial charge in [-0.2, -0.15) is 0 Å². The highest BCUT2D eigenvalue weighted by Crippen LogP contribution is 2.19. The zero-order valence-electron chi connectivity index (χ0n) is 9.55. The number of benzene rings is 1. The Hall–Kier alpha value is -1.42. The lowest BCUT2D eigenvalue weighted by molar-refractivity contribution is 0.612. The van der Waals surface area contributed by atoms with Crippen molar-refractivity contribution in [3.05, 3.63) is 29.8 Å². The monoisotopic (exact) mass is 221 g/mol. The highest BCUT2D eigenvalue weighted by Gasteiger charge is 2.12. The standard InChI is InChI=1S/C12H16FN3/c1-3-14-7-8(2)12-15-10-6-4-5-9(13)11(10)16-12/h4-6,8,14H,3,7H2,1-2H3,(H,15,16)/t8-/m0/s1. The Balaban J connectivity index is 2.29. The Morgan fingerprint density at radius 2 is 2.31 bits per heavy atom. The van der Waals surface area contributed by atoms with Gasteiger partial charge in [0.05, 0.1) is 5.52 Å². The quantitative estimate of drug-likeness (QED) is 0.832. The van der Waals surface area contributed by atoms with Gasteiger partial charge in [0.2, 0.25) is 0 Å². The SMILES string of the molecule is CCNC[C@H](C)c1nc2c(F)cccc2[nH]1. The number of H-pyrrole nitrogens is 1. The molecule has 0 unspecified atom stereocenters. The minimum atomic E-state index is -0.268. The number of fused-ring (bicyclic) bond motifs is 1. The van der Waals surface area contributed by atoms with Crippen molar-refractivity contribution in [1.82, 2.24) is 15.3 Å². The molecule has 0 fully saturated rings. The number of para-hydroxylation sites is 1. The summed E-state index contributed by atoms with van der Waals surface area (Å²) >= 11 is 0. The van der Waals surface area contributed by atoms with Crippen molar-refractivity contribution in [3.8, 4) is 0 Å². The fraction of sp³-hybridized carbons (Fsp3) is 0.417. The molecule has 0 aliphatic heterocycles. The normalized spacial score (nSPS) is 13.2. The molecule has 0 saturated carbocycles. The molecule has 0 bridgehead atoms. The summed E-state index contributed by atoms with van der Waals surface area (Å²) in [6.45, 7) is 5.90. The molecule has 0 radical (unpaired) electrons. The average molecular weight is 221 g/mol. The second-order valence-corrected chi connectivity index (χ2v) is 3.97. The van der Waals surface area contributed by atoms with E-state index in [1.165, 1.54) is 6.07 Å². The number of likely N-dealkylation sites (N-methyl/N-ethyl adjacent to an activating group) is 1. The molecule has 4 heteroatoms. The van der Waals surface area contributed by atoms with Gasteiger partial charge in [-0.25, -0.2) is 9.37 Å². The zero-order chi connectivity index (χ0) is 11.5. The fourth-order valence-electron chi connectivity index (χ4n) is 1.71. The third-order valence-corrected chi connectivity index (χ3v) is 2.65. The molecule has 2 rings (SSSR count). The number of hydrogen-bond acceptors (Lipinski definition) is 2. The van der Waals surface area contributed by atoms with Crippen LogP contribution < -0.4 is 5.32 Å². The first kappa shape index (κ1) is 11.1. The van der Waals surface area contributed by atoms with Crippen LogP contribution in [-0.2, 0) is 0 Å². The smallest absolute Gasteiger partial charge is 0.151 e. The maximum atomic E-state index is 13.4. The lowest BCUT2D eigenvalue weighted by Gasteiger charge is -2.07. The predicted molar refractivity (Wildman–Crippen MR) is 63.0 cm³/mol. The van der Waals surface area contributed by atoms with Gasteiger partial charge in [-0.3, -0.25) is 0 Å². The summed E-state index contributed by atoms with van der Waals surface area (Å²) in [7, 11) is 0. The van der Waals surface area contributed by atoms with Gasteiger partial charge in [0.15, 0.2) is 5.82 Å². The van der Waals surface area contributed by atoms with E-state index in [1.54, 1.807) is 6.07 Å². The van der Waals surface area contributed by atoms with Crippen LogP contribution in [0, 0.1) is 5.82 Å². The zero-order valence-corrected chi connectivity index (χ0v) is 9.55. The van der Waals surface area contributed by atoms with Gasteiger partial charge in [0, 0.05) is 12.5 Å². The number of aromatic nitrogens is 2. The third kappa shape index (κ3) is 2.07. The Morgan fingerprint density at radius 3 is 3.00 bits per heavy atom. The van der Waals surface area contributed by atoms with Crippen LogP contribution in [0.1, 0.15) is 25.6 Å². The van der Waals surface area contributed by atoms with Gasteiger partial charge in [-0.05, 0) is 18.7 Å². The van der Waals surface area contributed by atoms with E-state index >= 15 is 0 Å². The van der Waals surface area contributed by atoms with E-state index in [0.717, 1.165) is 24.4 Å². The number of aromatic amines is 1. The minimum Gasteiger partial charge on any atom is -0.342 e. The highest BCUT2D eigenvalue weighted by atomic mass is 19.1. The molecule has 0 spiro atoms. The number of halogens is 1. The molecule has 3 nitrogen and oxygen atoms in total. The number of imidazole rings is 1. The fourth-order valence-corrected chi connectivity index (χ4v) is 1.71. The van der Waals surface area contributed by atoms with Crippen LogP contribution in [0.25, 0.3) is 11.0 Å².